The molecule has 1 fully saturated rings. The number of carboxylic acid groups (broad SMARTS) is 1. The quantitative estimate of drug-likeness (QED) is 0.781. The molecule has 23 heavy (non-hydrogen) atoms. The molecule has 0 aromatic carbocycles. The Kier molecular flexibility index (Phi) is 6.09. The van der Waals surface area contributed by atoms with Gasteiger partial charge in [-0.15, -0.1) is 0 Å². The van der Waals surface area contributed by atoms with Gasteiger partial charge in [0.2, 0.25) is 0 Å². The molecule has 0 spiro atoms. The molecule has 0 bridgehead atoms. The van der Waals surface area contributed by atoms with Gasteiger partial charge in [0.05, 0.1) is 0 Å². The number of hydrogen-bond donors (Lipinski definition) is 2. The second-order valence-corrected chi connectivity index (χ2v) is 7.59. The van der Waals surface area contributed by atoms with Gasteiger partial charge in [0.1, 0.15) is 5.69 Å². The topological polar surface area (TPSA) is 99.6 Å². The highest BCUT2D eigenvalue weighted by Gasteiger charge is 2.27. The minimum atomic E-state index is -3.52. The highest BCUT2D eigenvalue weighted by molar-refractivity contribution is 7.87. The molecular weight excluding hydrogens is 318 g/mol. The first-order valence-electron chi connectivity index (χ1n) is 7.82. The van der Waals surface area contributed by atoms with Gasteiger partial charge in [-0.25, -0.2) is 14.5 Å². The van der Waals surface area contributed by atoms with Crippen molar-refractivity contribution in [2.45, 2.75) is 44.6 Å². The molecule has 0 unspecified atom stereocenters. The Labute approximate surface area is 136 Å². The summed E-state index contributed by atoms with van der Waals surface area (Å²) in [6.45, 7) is 0.190. The van der Waals surface area contributed by atoms with Crippen molar-refractivity contribution < 1.29 is 18.3 Å². The van der Waals surface area contributed by atoms with Crippen LogP contribution in [0, 0.1) is 0 Å². The molecule has 7 nitrogen and oxygen atoms in total. The van der Waals surface area contributed by atoms with E-state index in [-0.39, 0.29) is 18.3 Å². The minimum absolute atomic E-state index is 0.0373. The molecule has 128 valence electrons. The van der Waals surface area contributed by atoms with Gasteiger partial charge in [-0.2, -0.15) is 12.7 Å². The van der Waals surface area contributed by atoms with Crippen molar-refractivity contribution in [3.05, 3.63) is 29.6 Å². The fourth-order valence-electron chi connectivity index (χ4n) is 2.79. The van der Waals surface area contributed by atoms with Crippen LogP contribution in [0.5, 0.6) is 0 Å². The summed E-state index contributed by atoms with van der Waals surface area (Å²) < 4.78 is 28.6. The Morgan fingerprint density at radius 2 is 2.04 bits per heavy atom. The lowest BCUT2D eigenvalue weighted by Gasteiger charge is -2.30. The third-order valence-electron chi connectivity index (χ3n) is 4.16. The van der Waals surface area contributed by atoms with Crippen molar-refractivity contribution in [1.29, 1.82) is 0 Å². The van der Waals surface area contributed by atoms with Crippen molar-refractivity contribution in [1.82, 2.24) is 14.0 Å². The summed E-state index contributed by atoms with van der Waals surface area (Å²) in [4.78, 5) is 14.8. The second-order valence-electron chi connectivity index (χ2n) is 5.78. The molecule has 0 amide bonds. The van der Waals surface area contributed by atoms with Crippen molar-refractivity contribution >= 4 is 16.2 Å². The monoisotopic (exact) mass is 341 g/mol. The molecule has 0 radical (unpaired) electrons. The predicted molar refractivity (Wildman–Crippen MR) is 86.5 cm³/mol. The van der Waals surface area contributed by atoms with Crippen LogP contribution in [0.2, 0.25) is 0 Å². The summed E-state index contributed by atoms with van der Waals surface area (Å²) in [6.07, 6.45) is 5.45. The van der Waals surface area contributed by atoms with Gasteiger partial charge < -0.3 is 5.11 Å². The standard InChI is InChI=1S/C15H23N3O4S/c1-18(13-7-3-2-4-8-13)23(21,22)16-11-10-12-6-5-9-14(17-12)15(19)20/h5-6,9,13,16H,2-4,7-8,10-11H2,1H3,(H,19,20). The molecule has 1 aromatic heterocycles. The van der Waals surface area contributed by atoms with Crippen molar-refractivity contribution in [2.24, 2.45) is 0 Å². The van der Waals surface area contributed by atoms with Crippen LogP contribution < -0.4 is 4.72 Å². The molecule has 1 aromatic rings. The number of carboxylic acids is 1. The van der Waals surface area contributed by atoms with E-state index in [2.05, 4.69) is 9.71 Å². The number of carbonyl (C=O) groups is 1. The maximum absolute atomic E-state index is 12.3. The van der Waals surface area contributed by atoms with Gasteiger partial charge in [0.25, 0.3) is 10.2 Å². The number of nitrogens with one attached hydrogen (secondary N) is 1. The Morgan fingerprint density at radius 1 is 1.35 bits per heavy atom. The molecule has 0 atom stereocenters. The van der Waals surface area contributed by atoms with E-state index in [1.54, 1.807) is 19.2 Å². The van der Waals surface area contributed by atoms with Gasteiger partial charge in [0, 0.05) is 31.7 Å². The SMILES string of the molecule is CN(C1CCCCC1)S(=O)(=O)NCCc1cccc(C(=O)O)n1. The van der Waals surface area contributed by atoms with Gasteiger partial charge in [-0.1, -0.05) is 25.3 Å². The van der Waals surface area contributed by atoms with E-state index in [1.807, 2.05) is 0 Å². The number of rotatable bonds is 7. The molecular formula is C15H23N3O4S. The van der Waals surface area contributed by atoms with Crippen LogP contribution >= 0.6 is 0 Å². The number of hydrogen-bond acceptors (Lipinski definition) is 4. The van der Waals surface area contributed by atoms with Crippen molar-refractivity contribution in [3.63, 3.8) is 0 Å². The smallest absolute Gasteiger partial charge is 0.354 e. The first-order chi connectivity index (χ1) is 10.9. The summed E-state index contributed by atoms with van der Waals surface area (Å²) >= 11 is 0. The van der Waals surface area contributed by atoms with Crippen LogP contribution in [-0.4, -0.2) is 48.4 Å². The van der Waals surface area contributed by atoms with Gasteiger partial charge in [-0.3, -0.25) is 0 Å². The van der Waals surface area contributed by atoms with E-state index in [4.69, 9.17) is 5.11 Å². The summed E-state index contributed by atoms with van der Waals surface area (Å²) in [7, 11) is -1.90. The third-order valence-corrected chi connectivity index (χ3v) is 5.78. The average Bonchev–Trinajstić information content (AvgIpc) is 2.55. The fraction of sp³-hybridized carbons (Fsp3) is 0.600. The fourth-order valence-corrected chi connectivity index (χ4v) is 3.96. The van der Waals surface area contributed by atoms with Crippen LogP contribution in [0.25, 0.3) is 0 Å². The second kappa shape index (κ2) is 7.85. The van der Waals surface area contributed by atoms with E-state index in [0.717, 1.165) is 25.7 Å². The van der Waals surface area contributed by atoms with Crippen LogP contribution in [-0.2, 0) is 16.6 Å². The third kappa shape index (κ3) is 4.98. The predicted octanol–water partition coefficient (Wildman–Crippen LogP) is 1.42. The maximum Gasteiger partial charge on any atom is 0.354 e. The van der Waals surface area contributed by atoms with Gasteiger partial charge in [-0.05, 0) is 25.0 Å². The van der Waals surface area contributed by atoms with Crippen LogP contribution in [0.3, 0.4) is 0 Å². The summed E-state index contributed by atoms with van der Waals surface area (Å²) in [5, 5.41) is 8.90. The van der Waals surface area contributed by atoms with E-state index in [9.17, 15) is 13.2 Å². The molecule has 1 heterocycles. The van der Waals surface area contributed by atoms with E-state index in [1.165, 1.54) is 16.8 Å². The lowest BCUT2D eigenvalue weighted by molar-refractivity contribution is 0.0690. The van der Waals surface area contributed by atoms with Crippen LogP contribution in [0.1, 0.15) is 48.3 Å². The molecule has 0 saturated heterocycles. The zero-order valence-electron chi connectivity index (χ0n) is 13.2. The summed E-state index contributed by atoms with van der Waals surface area (Å²) in [5.41, 5.74) is 0.512. The first-order valence-corrected chi connectivity index (χ1v) is 9.26. The lowest BCUT2D eigenvalue weighted by Crippen LogP contribution is -2.45. The largest absolute Gasteiger partial charge is 0.477 e. The Hall–Kier alpha value is -1.51. The van der Waals surface area contributed by atoms with E-state index < -0.39 is 16.2 Å². The number of aromatic carboxylic acids is 1. The first kappa shape index (κ1) is 17.8. The molecule has 2 rings (SSSR count). The zero-order chi connectivity index (χ0) is 16.9. The Bertz CT molecular complexity index is 642. The van der Waals surface area contributed by atoms with Gasteiger partial charge >= 0.3 is 5.97 Å². The molecule has 1 aliphatic carbocycles. The van der Waals surface area contributed by atoms with Crippen molar-refractivity contribution in [3.8, 4) is 0 Å². The van der Waals surface area contributed by atoms with Crippen LogP contribution in [0.15, 0.2) is 18.2 Å². The van der Waals surface area contributed by atoms with E-state index >= 15 is 0 Å². The molecule has 2 N–H and O–H groups in total. The number of pyridine rings is 1. The maximum atomic E-state index is 12.3. The highest BCUT2D eigenvalue weighted by atomic mass is 32.2. The normalized spacial score (nSPS) is 16.6. The van der Waals surface area contributed by atoms with E-state index in [0.29, 0.717) is 12.1 Å². The number of aromatic nitrogens is 1. The molecule has 0 aliphatic heterocycles. The summed E-state index contributed by atoms with van der Waals surface area (Å²) in [6, 6.07) is 4.77. The van der Waals surface area contributed by atoms with Gasteiger partial charge in [0.15, 0.2) is 0 Å². The highest BCUT2D eigenvalue weighted by Crippen LogP contribution is 2.22. The summed E-state index contributed by atoms with van der Waals surface area (Å²) in [5.74, 6) is -1.09. The Balaban J connectivity index is 1.89. The minimum Gasteiger partial charge on any atom is -0.477 e. The molecule has 1 saturated carbocycles. The van der Waals surface area contributed by atoms with Crippen molar-refractivity contribution in [2.75, 3.05) is 13.6 Å². The Morgan fingerprint density at radius 3 is 2.70 bits per heavy atom. The number of nitrogens with zero attached hydrogens (tertiary/aromatic N) is 2. The zero-order valence-corrected chi connectivity index (χ0v) is 14.1. The molecule has 1 aliphatic rings. The lowest BCUT2D eigenvalue weighted by atomic mass is 9.96. The average molecular weight is 341 g/mol. The molecule has 8 heteroatoms. The van der Waals surface area contributed by atoms with Crippen LogP contribution in [0.4, 0.5) is 0 Å².